The Kier molecular flexibility index (Phi) is 10.2. The maximum atomic E-state index is 11.6. The molecule has 4 nitrogen and oxygen atoms in total. The number of allylic oxidation sites excluding steroid dienone is 3. The lowest BCUT2D eigenvalue weighted by Crippen LogP contribution is -2.44. The predicted molar refractivity (Wildman–Crippen MR) is 106 cm³/mol. The van der Waals surface area contributed by atoms with Crippen LogP contribution in [0.15, 0.2) is 23.8 Å². The number of carbonyl (C=O) groups is 1. The van der Waals surface area contributed by atoms with Crippen LogP contribution in [0.4, 0.5) is 0 Å². The zero-order valence-corrected chi connectivity index (χ0v) is 17.5. The summed E-state index contributed by atoms with van der Waals surface area (Å²) in [5.41, 5.74) is 0.939. The first-order chi connectivity index (χ1) is 12.4. The number of hydrogen-bond acceptors (Lipinski definition) is 4. The number of methoxy groups -OCH3 is 1. The smallest absolute Gasteiger partial charge is 0.308 e. The van der Waals surface area contributed by atoms with Crippen molar-refractivity contribution in [2.45, 2.75) is 91.3 Å². The van der Waals surface area contributed by atoms with Gasteiger partial charge in [-0.05, 0) is 50.9 Å². The molecule has 1 unspecified atom stereocenters. The molecule has 1 aliphatic rings. The van der Waals surface area contributed by atoms with E-state index in [9.17, 15) is 4.79 Å². The van der Waals surface area contributed by atoms with Crippen LogP contribution in [0.3, 0.4) is 0 Å². The fourth-order valence-corrected chi connectivity index (χ4v) is 3.69. The molecule has 0 aromatic rings. The van der Waals surface area contributed by atoms with Crippen molar-refractivity contribution in [2.75, 3.05) is 7.11 Å². The van der Waals surface area contributed by atoms with E-state index in [1.165, 1.54) is 12.7 Å². The minimum Gasteiger partial charge on any atom is -0.469 e. The highest BCUT2D eigenvalue weighted by molar-refractivity contribution is 5.69. The molecule has 0 aromatic heterocycles. The molecule has 0 amide bonds. The second kappa shape index (κ2) is 11.6. The van der Waals surface area contributed by atoms with Crippen molar-refractivity contribution in [1.82, 2.24) is 0 Å². The average Bonchev–Trinajstić information content (AvgIpc) is 2.66. The summed E-state index contributed by atoms with van der Waals surface area (Å²) >= 11 is 0. The molecule has 0 aromatic carbocycles. The van der Waals surface area contributed by atoms with Gasteiger partial charge in [-0.2, -0.15) is 0 Å². The van der Waals surface area contributed by atoms with Crippen molar-refractivity contribution in [2.24, 2.45) is 11.8 Å². The van der Waals surface area contributed by atoms with Crippen molar-refractivity contribution in [1.29, 1.82) is 0 Å². The van der Waals surface area contributed by atoms with Crippen LogP contribution in [-0.4, -0.2) is 24.8 Å². The van der Waals surface area contributed by atoms with Crippen molar-refractivity contribution in [3.05, 3.63) is 23.8 Å². The molecule has 1 heterocycles. The van der Waals surface area contributed by atoms with Crippen molar-refractivity contribution in [3.8, 4) is 0 Å². The van der Waals surface area contributed by atoms with Crippen molar-refractivity contribution < 1.29 is 19.3 Å². The van der Waals surface area contributed by atoms with Crippen LogP contribution in [0, 0.1) is 11.8 Å². The first-order valence-corrected chi connectivity index (χ1v) is 10.2. The summed E-state index contributed by atoms with van der Waals surface area (Å²) in [6, 6.07) is 0. The number of hydrogen-bond donors (Lipinski definition) is 0. The number of esters is 1. The Balaban J connectivity index is 2.84. The van der Waals surface area contributed by atoms with Crippen LogP contribution in [0.5, 0.6) is 0 Å². The normalized spacial score (nSPS) is 28.3. The van der Waals surface area contributed by atoms with Gasteiger partial charge in [0.25, 0.3) is 0 Å². The molecule has 0 bridgehead atoms. The van der Waals surface area contributed by atoms with E-state index >= 15 is 0 Å². The maximum absolute atomic E-state index is 11.6. The third kappa shape index (κ3) is 6.88. The second-order valence-corrected chi connectivity index (χ2v) is 7.49. The molecule has 4 heteroatoms. The molecule has 0 spiro atoms. The van der Waals surface area contributed by atoms with Gasteiger partial charge in [-0.3, -0.25) is 4.79 Å². The largest absolute Gasteiger partial charge is 0.469 e. The molecule has 0 aliphatic carbocycles. The van der Waals surface area contributed by atoms with Gasteiger partial charge in [0, 0.05) is 0 Å². The minimum absolute atomic E-state index is 0.225. The number of ether oxygens (including phenoxy) is 1. The topological polar surface area (TPSA) is 44.8 Å². The molecule has 4 atom stereocenters. The van der Waals surface area contributed by atoms with Gasteiger partial charge in [0.15, 0.2) is 0 Å². The van der Waals surface area contributed by atoms with E-state index in [4.69, 9.17) is 14.5 Å². The molecular weight excluding hydrogens is 328 g/mol. The van der Waals surface area contributed by atoms with Crippen LogP contribution in [0.2, 0.25) is 0 Å². The van der Waals surface area contributed by atoms with E-state index in [0.29, 0.717) is 5.92 Å². The lowest BCUT2D eigenvalue weighted by molar-refractivity contribution is -0.409. The second-order valence-electron chi connectivity index (χ2n) is 7.49. The maximum Gasteiger partial charge on any atom is 0.308 e. The fourth-order valence-electron chi connectivity index (χ4n) is 3.69. The Morgan fingerprint density at radius 2 is 2.04 bits per heavy atom. The van der Waals surface area contributed by atoms with Gasteiger partial charge in [0.2, 0.25) is 0 Å². The van der Waals surface area contributed by atoms with E-state index in [2.05, 4.69) is 52.8 Å². The SMILES string of the molecule is CC/C=C/C(CC)C/C(C)=C/[C@]1(CC)C[C@H](CC)[C@H](CC(=O)OC)OO1. The standard InChI is InChI=1S/C22H38O4/c1-7-11-12-18(8-2)13-17(5)15-22(10-4)16-19(9-3)20(25-26-22)14-21(23)24-6/h11-12,15,18-20H,7-10,13-14,16H2,1-6H3/b12-11+,17-15+/t18?,19-,20-,22+/m0/s1. The summed E-state index contributed by atoms with van der Waals surface area (Å²) < 4.78 is 4.78. The van der Waals surface area contributed by atoms with Crippen LogP contribution in [0.1, 0.15) is 79.6 Å². The van der Waals surface area contributed by atoms with Gasteiger partial charge in [0.1, 0.15) is 11.7 Å². The van der Waals surface area contributed by atoms with Crippen molar-refractivity contribution in [3.63, 3.8) is 0 Å². The average molecular weight is 367 g/mol. The van der Waals surface area contributed by atoms with E-state index in [-0.39, 0.29) is 24.4 Å². The third-order valence-electron chi connectivity index (χ3n) is 5.45. The van der Waals surface area contributed by atoms with Crippen LogP contribution < -0.4 is 0 Å². The molecule has 1 fully saturated rings. The zero-order chi connectivity index (χ0) is 19.6. The summed E-state index contributed by atoms with van der Waals surface area (Å²) in [4.78, 5) is 23.2. The van der Waals surface area contributed by atoms with Gasteiger partial charge >= 0.3 is 5.97 Å². The van der Waals surface area contributed by atoms with Crippen LogP contribution >= 0.6 is 0 Å². The zero-order valence-electron chi connectivity index (χ0n) is 17.5. The van der Waals surface area contributed by atoms with Gasteiger partial charge in [-0.15, -0.1) is 0 Å². The number of rotatable bonds is 10. The summed E-state index contributed by atoms with van der Waals surface area (Å²) in [7, 11) is 1.41. The van der Waals surface area contributed by atoms with Crippen LogP contribution in [0.25, 0.3) is 0 Å². The van der Waals surface area contributed by atoms with Crippen molar-refractivity contribution >= 4 is 5.97 Å². The highest BCUT2D eigenvalue weighted by Crippen LogP contribution is 2.39. The lowest BCUT2D eigenvalue weighted by atomic mass is 9.80. The monoisotopic (exact) mass is 366 g/mol. The van der Waals surface area contributed by atoms with E-state index < -0.39 is 5.60 Å². The molecule has 26 heavy (non-hydrogen) atoms. The minimum atomic E-state index is -0.399. The quantitative estimate of drug-likeness (QED) is 0.279. The first-order valence-electron chi connectivity index (χ1n) is 10.2. The molecular formula is C22H38O4. The summed E-state index contributed by atoms with van der Waals surface area (Å²) in [5, 5.41) is 0. The molecule has 150 valence electrons. The van der Waals surface area contributed by atoms with Gasteiger partial charge in [0.05, 0.1) is 13.5 Å². The Bertz CT molecular complexity index is 483. The van der Waals surface area contributed by atoms with E-state index in [1.807, 2.05) is 0 Å². The molecule has 0 radical (unpaired) electrons. The Morgan fingerprint density at radius 1 is 1.31 bits per heavy atom. The summed E-state index contributed by atoms with van der Waals surface area (Å²) in [6.45, 7) is 10.9. The van der Waals surface area contributed by atoms with Gasteiger partial charge in [-0.1, -0.05) is 57.9 Å². The predicted octanol–water partition coefficient (Wildman–Crippen LogP) is 5.77. The summed E-state index contributed by atoms with van der Waals surface area (Å²) in [5.74, 6) is 0.605. The number of carbonyl (C=O) groups excluding carboxylic acids is 1. The van der Waals surface area contributed by atoms with E-state index in [1.54, 1.807) is 0 Å². The third-order valence-corrected chi connectivity index (χ3v) is 5.45. The first kappa shape index (κ1) is 22.9. The molecule has 0 N–H and O–H groups in total. The molecule has 1 rings (SSSR count). The summed E-state index contributed by atoms with van der Waals surface area (Å²) in [6.07, 6.45) is 12.8. The highest BCUT2D eigenvalue weighted by Gasteiger charge is 2.41. The Hall–Kier alpha value is -1.13. The Labute approximate surface area is 159 Å². The lowest BCUT2D eigenvalue weighted by Gasteiger charge is -2.41. The van der Waals surface area contributed by atoms with Gasteiger partial charge < -0.3 is 4.74 Å². The molecule has 0 saturated carbocycles. The highest BCUT2D eigenvalue weighted by atomic mass is 17.2. The Morgan fingerprint density at radius 3 is 2.58 bits per heavy atom. The fraction of sp³-hybridized carbons (Fsp3) is 0.773. The van der Waals surface area contributed by atoms with E-state index in [0.717, 1.165) is 38.5 Å². The van der Waals surface area contributed by atoms with Crippen LogP contribution in [-0.2, 0) is 19.3 Å². The molecule has 1 aliphatic heterocycles. The molecule has 1 saturated heterocycles. The van der Waals surface area contributed by atoms with Gasteiger partial charge in [-0.25, -0.2) is 9.78 Å².